The van der Waals surface area contributed by atoms with E-state index in [1.54, 1.807) is 30.5 Å². The van der Waals surface area contributed by atoms with E-state index in [4.69, 9.17) is 4.74 Å². The molecule has 106 valence electrons. The smallest absolute Gasteiger partial charge is 0.255 e. The highest BCUT2D eigenvalue weighted by atomic mass is 16.5. The molecule has 0 saturated carbocycles. The third kappa shape index (κ3) is 2.72. The van der Waals surface area contributed by atoms with Gasteiger partial charge in [0.05, 0.1) is 24.0 Å². The van der Waals surface area contributed by atoms with E-state index in [0.29, 0.717) is 17.9 Å². The van der Waals surface area contributed by atoms with Gasteiger partial charge in [0.15, 0.2) is 0 Å². The first-order chi connectivity index (χ1) is 10.3. The first-order valence-electron chi connectivity index (χ1n) is 6.74. The second kappa shape index (κ2) is 5.66. The number of ether oxygens (including phenoxy) is 1. The molecule has 2 N–H and O–H groups in total. The molecule has 1 aromatic heterocycles. The van der Waals surface area contributed by atoms with E-state index in [9.17, 15) is 4.79 Å². The Labute approximate surface area is 121 Å². The summed E-state index contributed by atoms with van der Waals surface area (Å²) in [5.41, 5.74) is 2.11. The molecule has 0 radical (unpaired) electrons. The summed E-state index contributed by atoms with van der Waals surface area (Å²) in [5.74, 6) is 0.588. The van der Waals surface area contributed by atoms with E-state index in [2.05, 4.69) is 15.5 Å². The highest BCUT2D eigenvalue weighted by Crippen LogP contribution is 2.21. The van der Waals surface area contributed by atoms with Gasteiger partial charge in [0.25, 0.3) is 5.91 Å². The molecule has 0 aliphatic rings. The fourth-order valence-electron chi connectivity index (χ4n) is 2.14. The van der Waals surface area contributed by atoms with Crippen LogP contribution in [0.1, 0.15) is 17.3 Å². The van der Waals surface area contributed by atoms with E-state index >= 15 is 0 Å². The van der Waals surface area contributed by atoms with Gasteiger partial charge in [-0.2, -0.15) is 5.10 Å². The lowest BCUT2D eigenvalue weighted by molar-refractivity contribution is 0.102. The highest BCUT2D eigenvalue weighted by molar-refractivity contribution is 6.08. The maximum atomic E-state index is 12.3. The zero-order chi connectivity index (χ0) is 14.7. The first kappa shape index (κ1) is 13.2. The molecule has 2 aromatic carbocycles. The van der Waals surface area contributed by atoms with E-state index in [0.717, 1.165) is 16.7 Å². The van der Waals surface area contributed by atoms with Crippen LogP contribution in [0.2, 0.25) is 0 Å². The summed E-state index contributed by atoms with van der Waals surface area (Å²) in [6.45, 7) is 2.53. The molecular weight excluding hydrogens is 266 g/mol. The number of nitrogens with zero attached hydrogens (tertiary/aromatic N) is 1. The van der Waals surface area contributed by atoms with Crippen molar-refractivity contribution in [2.45, 2.75) is 6.92 Å². The molecule has 0 spiro atoms. The van der Waals surface area contributed by atoms with Crippen LogP contribution in [0.3, 0.4) is 0 Å². The second-order valence-electron chi connectivity index (χ2n) is 4.55. The average Bonchev–Trinajstić information content (AvgIpc) is 2.98. The number of para-hydroxylation sites is 1. The Morgan fingerprint density at radius 3 is 2.81 bits per heavy atom. The van der Waals surface area contributed by atoms with Crippen molar-refractivity contribution in [3.63, 3.8) is 0 Å². The predicted molar refractivity (Wildman–Crippen MR) is 81.7 cm³/mol. The summed E-state index contributed by atoms with van der Waals surface area (Å²) in [4.78, 5) is 12.3. The molecule has 5 nitrogen and oxygen atoms in total. The van der Waals surface area contributed by atoms with Gasteiger partial charge in [-0.25, -0.2) is 0 Å². The van der Waals surface area contributed by atoms with Gasteiger partial charge in [0.1, 0.15) is 5.75 Å². The lowest BCUT2D eigenvalue weighted by Gasteiger charge is -2.07. The van der Waals surface area contributed by atoms with Crippen LogP contribution in [0.15, 0.2) is 48.7 Å². The van der Waals surface area contributed by atoms with E-state index < -0.39 is 0 Å². The van der Waals surface area contributed by atoms with Crippen molar-refractivity contribution in [1.82, 2.24) is 10.2 Å². The minimum atomic E-state index is -0.167. The SMILES string of the molecule is CCOc1ccc(C(=O)Nc2cccc3cn[nH]c23)cc1. The van der Waals surface area contributed by atoms with Crippen molar-refractivity contribution >= 4 is 22.5 Å². The van der Waals surface area contributed by atoms with Crippen molar-refractivity contribution in [2.75, 3.05) is 11.9 Å². The zero-order valence-electron chi connectivity index (χ0n) is 11.6. The number of rotatable bonds is 4. The molecule has 5 heteroatoms. The Kier molecular flexibility index (Phi) is 3.55. The Hall–Kier alpha value is -2.82. The van der Waals surface area contributed by atoms with Gasteiger partial charge in [-0.15, -0.1) is 0 Å². The molecule has 0 atom stereocenters. The topological polar surface area (TPSA) is 67.0 Å². The summed E-state index contributed by atoms with van der Waals surface area (Å²) in [6.07, 6.45) is 1.72. The van der Waals surface area contributed by atoms with Crippen molar-refractivity contribution in [2.24, 2.45) is 0 Å². The van der Waals surface area contributed by atoms with Crippen LogP contribution >= 0.6 is 0 Å². The number of H-pyrrole nitrogens is 1. The van der Waals surface area contributed by atoms with Gasteiger partial charge < -0.3 is 10.1 Å². The van der Waals surface area contributed by atoms with Crippen LogP contribution in [0, 0.1) is 0 Å². The summed E-state index contributed by atoms with van der Waals surface area (Å²) in [6, 6.07) is 12.7. The summed E-state index contributed by atoms with van der Waals surface area (Å²) in [7, 11) is 0. The van der Waals surface area contributed by atoms with Crippen LogP contribution in [0.5, 0.6) is 5.75 Å². The Bertz CT molecular complexity index is 763. The average molecular weight is 281 g/mol. The molecule has 0 unspecified atom stereocenters. The van der Waals surface area contributed by atoms with Gasteiger partial charge in [-0.1, -0.05) is 12.1 Å². The number of amides is 1. The van der Waals surface area contributed by atoms with Crippen LogP contribution in [-0.2, 0) is 0 Å². The Balaban J connectivity index is 1.81. The molecule has 0 fully saturated rings. The molecule has 0 aliphatic heterocycles. The maximum absolute atomic E-state index is 12.3. The minimum absolute atomic E-state index is 0.167. The van der Waals surface area contributed by atoms with Gasteiger partial charge in [-0.3, -0.25) is 9.89 Å². The maximum Gasteiger partial charge on any atom is 0.255 e. The standard InChI is InChI=1S/C16H15N3O2/c1-2-21-13-8-6-11(7-9-13)16(20)18-14-5-3-4-12-10-17-19-15(12)14/h3-10H,2H2,1H3,(H,17,19)(H,18,20). The predicted octanol–water partition coefficient (Wildman–Crippen LogP) is 3.21. The Morgan fingerprint density at radius 2 is 2.05 bits per heavy atom. The summed E-state index contributed by atoms with van der Waals surface area (Å²) >= 11 is 0. The van der Waals surface area contributed by atoms with E-state index in [1.807, 2.05) is 25.1 Å². The van der Waals surface area contributed by atoms with Gasteiger partial charge in [0, 0.05) is 10.9 Å². The van der Waals surface area contributed by atoms with Crippen molar-refractivity contribution in [3.05, 3.63) is 54.2 Å². The van der Waals surface area contributed by atoms with Crippen LogP contribution in [-0.4, -0.2) is 22.7 Å². The molecule has 1 amide bonds. The second-order valence-corrected chi connectivity index (χ2v) is 4.55. The van der Waals surface area contributed by atoms with Crippen LogP contribution in [0.4, 0.5) is 5.69 Å². The fourth-order valence-corrected chi connectivity index (χ4v) is 2.14. The molecule has 0 aliphatic carbocycles. The van der Waals surface area contributed by atoms with E-state index in [1.165, 1.54) is 0 Å². The number of aromatic nitrogens is 2. The number of hydrogen-bond donors (Lipinski definition) is 2. The number of hydrogen-bond acceptors (Lipinski definition) is 3. The number of fused-ring (bicyclic) bond motifs is 1. The summed E-state index contributed by atoms with van der Waals surface area (Å²) < 4.78 is 5.36. The van der Waals surface area contributed by atoms with Crippen LogP contribution < -0.4 is 10.1 Å². The molecule has 21 heavy (non-hydrogen) atoms. The first-order valence-corrected chi connectivity index (χ1v) is 6.74. The minimum Gasteiger partial charge on any atom is -0.494 e. The Morgan fingerprint density at radius 1 is 1.24 bits per heavy atom. The largest absolute Gasteiger partial charge is 0.494 e. The van der Waals surface area contributed by atoms with Gasteiger partial charge in [-0.05, 0) is 37.3 Å². The number of benzene rings is 2. The third-order valence-corrected chi connectivity index (χ3v) is 3.15. The number of anilines is 1. The number of carbonyl (C=O) groups is 1. The highest BCUT2D eigenvalue weighted by Gasteiger charge is 2.09. The lowest BCUT2D eigenvalue weighted by atomic mass is 10.2. The van der Waals surface area contributed by atoms with Gasteiger partial charge in [0.2, 0.25) is 0 Å². The molecular formula is C16H15N3O2. The zero-order valence-corrected chi connectivity index (χ0v) is 11.6. The normalized spacial score (nSPS) is 10.5. The van der Waals surface area contributed by atoms with Crippen molar-refractivity contribution < 1.29 is 9.53 Å². The number of nitrogens with one attached hydrogen (secondary N) is 2. The molecule has 0 bridgehead atoms. The number of aromatic amines is 1. The molecule has 3 aromatic rings. The fraction of sp³-hybridized carbons (Fsp3) is 0.125. The van der Waals surface area contributed by atoms with Crippen molar-refractivity contribution in [3.8, 4) is 5.75 Å². The third-order valence-electron chi connectivity index (χ3n) is 3.15. The molecule has 3 rings (SSSR count). The van der Waals surface area contributed by atoms with E-state index in [-0.39, 0.29) is 5.91 Å². The quantitative estimate of drug-likeness (QED) is 0.771. The molecule has 0 saturated heterocycles. The van der Waals surface area contributed by atoms with Gasteiger partial charge >= 0.3 is 0 Å². The lowest BCUT2D eigenvalue weighted by Crippen LogP contribution is -2.12. The van der Waals surface area contributed by atoms with Crippen molar-refractivity contribution in [1.29, 1.82) is 0 Å². The number of carbonyl (C=O) groups excluding carboxylic acids is 1. The molecule has 1 heterocycles. The monoisotopic (exact) mass is 281 g/mol. The summed E-state index contributed by atoms with van der Waals surface area (Å²) in [5, 5.41) is 10.7. The van der Waals surface area contributed by atoms with Crippen LogP contribution in [0.25, 0.3) is 10.9 Å².